The van der Waals surface area contributed by atoms with Gasteiger partial charge in [-0.15, -0.1) is 0 Å². The molecule has 0 atom stereocenters. The Hall–Kier alpha value is -1.50. The van der Waals surface area contributed by atoms with Gasteiger partial charge in [-0.05, 0) is 61.3 Å². The van der Waals surface area contributed by atoms with E-state index in [1.54, 1.807) is 20.8 Å². The largest absolute Gasteiger partial charge is 0.454 e. The Morgan fingerprint density at radius 1 is 1.21 bits per heavy atom. The first-order valence-corrected chi connectivity index (χ1v) is 8.19. The van der Waals surface area contributed by atoms with Crippen molar-refractivity contribution in [3.63, 3.8) is 0 Å². The SMILES string of the molecule is CC.CC(C)(C)N/C=C/C(=O)C(F)(F)F.Cc1ccc(Br)c(N)c1. The monoisotopic (exact) mass is 410 g/mol. The molecule has 0 radical (unpaired) electrons. The van der Waals surface area contributed by atoms with E-state index in [2.05, 4.69) is 21.2 Å². The van der Waals surface area contributed by atoms with E-state index in [1.165, 1.54) is 5.56 Å². The van der Waals surface area contributed by atoms with Crippen LogP contribution < -0.4 is 11.1 Å². The molecule has 24 heavy (non-hydrogen) atoms. The van der Waals surface area contributed by atoms with Crippen LogP contribution in [0.2, 0.25) is 0 Å². The number of carbonyl (C=O) groups excluding carboxylic acids is 1. The summed E-state index contributed by atoms with van der Waals surface area (Å²) in [6, 6.07) is 5.90. The number of rotatable bonds is 2. The van der Waals surface area contributed by atoms with Gasteiger partial charge in [0.25, 0.3) is 5.78 Å². The molecule has 3 N–H and O–H groups in total. The van der Waals surface area contributed by atoms with E-state index >= 15 is 0 Å². The highest BCUT2D eigenvalue weighted by Gasteiger charge is 2.36. The van der Waals surface area contributed by atoms with Gasteiger partial charge in [0, 0.05) is 28.0 Å². The zero-order valence-electron chi connectivity index (χ0n) is 14.9. The van der Waals surface area contributed by atoms with Gasteiger partial charge in [-0.3, -0.25) is 4.79 Å². The summed E-state index contributed by atoms with van der Waals surface area (Å²) in [5, 5.41) is 2.62. The third-order valence-corrected chi connectivity index (χ3v) is 2.90. The molecule has 1 rings (SSSR count). The fourth-order valence-electron chi connectivity index (χ4n) is 1.13. The van der Waals surface area contributed by atoms with E-state index in [0.29, 0.717) is 6.08 Å². The number of carbonyl (C=O) groups is 1. The molecule has 0 heterocycles. The molecular weight excluding hydrogens is 385 g/mol. The minimum absolute atomic E-state index is 0.345. The topological polar surface area (TPSA) is 55.1 Å². The first-order chi connectivity index (χ1) is 10.8. The zero-order valence-corrected chi connectivity index (χ0v) is 16.5. The van der Waals surface area contributed by atoms with Crippen LogP contribution in [0.5, 0.6) is 0 Å². The predicted molar refractivity (Wildman–Crippen MR) is 97.7 cm³/mol. The maximum absolute atomic E-state index is 11.6. The van der Waals surface area contributed by atoms with Crippen LogP contribution in [0.4, 0.5) is 18.9 Å². The van der Waals surface area contributed by atoms with Gasteiger partial charge in [0.1, 0.15) is 0 Å². The number of ketones is 1. The molecule has 1 aromatic carbocycles. The molecule has 1 aromatic rings. The molecule has 0 bridgehead atoms. The number of nitrogens with two attached hydrogens (primary N) is 1. The number of hydrogen-bond acceptors (Lipinski definition) is 3. The maximum atomic E-state index is 11.6. The lowest BCUT2D eigenvalue weighted by Gasteiger charge is -2.18. The van der Waals surface area contributed by atoms with Crippen molar-refractivity contribution in [2.24, 2.45) is 0 Å². The van der Waals surface area contributed by atoms with Crippen molar-refractivity contribution >= 4 is 27.4 Å². The Labute approximate surface area is 150 Å². The molecule has 138 valence electrons. The highest BCUT2D eigenvalue weighted by molar-refractivity contribution is 9.10. The minimum atomic E-state index is -4.78. The molecule has 3 nitrogen and oxygen atoms in total. The Morgan fingerprint density at radius 3 is 2.04 bits per heavy atom. The normalized spacial score (nSPS) is 11.1. The lowest BCUT2D eigenvalue weighted by atomic mass is 10.1. The van der Waals surface area contributed by atoms with Gasteiger partial charge in [0.15, 0.2) is 0 Å². The number of nitrogen functional groups attached to an aromatic ring is 1. The number of alkyl halides is 3. The summed E-state index contributed by atoms with van der Waals surface area (Å²) in [5.74, 6) is -1.86. The Kier molecular flexibility index (Phi) is 11.5. The van der Waals surface area contributed by atoms with E-state index in [1.807, 2.05) is 39.0 Å². The number of hydrogen-bond donors (Lipinski definition) is 2. The molecule has 0 aliphatic carbocycles. The van der Waals surface area contributed by atoms with Crippen molar-refractivity contribution < 1.29 is 18.0 Å². The number of nitrogens with one attached hydrogen (secondary N) is 1. The first kappa shape index (κ1) is 24.7. The number of allylic oxidation sites excluding steroid dienone is 1. The van der Waals surface area contributed by atoms with Crippen LogP contribution in [-0.2, 0) is 4.79 Å². The standard InChI is InChI=1S/C8H12F3NO.C7H8BrN.C2H6/c1-7(2,3)12-5-4-6(13)8(9,10)11;1-5-2-3-6(8)7(9)4-5;1-2/h4-5,12H,1-3H3;2-4H,9H2,1H3;1-2H3/b5-4+;;. The molecule has 0 aromatic heterocycles. The molecule has 0 saturated heterocycles. The second-order valence-electron chi connectivity index (χ2n) is 5.61. The summed E-state index contributed by atoms with van der Waals surface area (Å²) >= 11 is 3.30. The Morgan fingerprint density at radius 2 is 1.71 bits per heavy atom. The maximum Gasteiger partial charge on any atom is 0.454 e. The van der Waals surface area contributed by atoms with E-state index < -0.39 is 12.0 Å². The van der Waals surface area contributed by atoms with E-state index in [-0.39, 0.29) is 5.54 Å². The van der Waals surface area contributed by atoms with Crippen LogP contribution in [0.15, 0.2) is 34.9 Å². The van der Waals surface area contributed by atoms with Gasteiger partial charge in [-0.2, -0.15) is 13.2 Å². The van der Waals surface area contributed by atoms with Gasteiger partial charge >= 0.3 is 6.18 Å². The third kappa shape index (κ3) is 13.0. The summed E-state index contributed by atoms with van der Waals surface area (Å²) in [4.78, 5) is 10.3. The van der Waals surface area contributed by atoms with Crippen LogP contribution in [0, 0.1) is 6.92 Å². The molecule has 0 saturated carbocycles. The van der Waals surface area contributed by atoms with Gasteiger partial charge in [-0.1, -0.05) is 19.9 Å². The van der Waals surface area contributed by atoms with E-state index in [4.69, 9.17) is 5.73 Å². The fraction of sp³-hybridized carbons (Fsp3) is 0.471. The summed E-state index contributed by atoms with van der Waals surface area (Å²) in [7, 11) is 0. The summed E-state index contributed by atoms with van der Waals surface area (Å²) in [5.41, 5.74) is 7.22. The fourth-order valence-corrected chi connectivity index (χ4v) is 1.37. The number of aryl methyl sites for hydroxylation is 1. The second-order valence-corrected chi connectivity index (χ2v) is 6.47. The Balaban J connectivity index is 0. The van der Waals surface area contributed by atoms with Crippen molar-refractivity contribution in [3.05, 3.63) is 40.5 Å². The first-order valence-electron chi connectivity index (χ1n) is 7.40. The summed E-state index contributed by atoms with van der Waals surface area (Å²) in [6.45, 7) is 11.3. The van der Waals surface area contributed by atoms with Crippen LogP contribution in [0.3, 0.4) is 0 Å². The number of halogens is 4. The summed E-state index contributed by atoms with van der Waals surface area (Å²) < 4.78 is 35.9. The van der Waals surface area contributed by atoms with E-state index in [9.17, 15) is 18.0 Å². The van der Waals surface area contributed by atoms with Crippen LogP contribution >= 0.6 is 15.9 Å². The van der Waals surface area contributed by atoms with Crippen molar-refractivity contribution in [1.82, 2.24) is 5.32 Å². The Bertz CT molecular complexity index is 536. The second kappa shape index (κ2) is 11.1. The minimum Gasteiger partial charge on any atom is -0.398 e. The lowest BCUT2D eigenvalue weighted by Crippen LogP contribution is -2.31. The number of anilines is 1. The van der Waals surface area contributed by atoms with Gasteiger partial charge in [-0.25, -0.2) is 0 Å². The zero-order chi connectivity index (χ0) is 19.6. The molecule has 0 amide bonds. The molecule has 0 aliphatic rings. The highest BCUT2D eigenvalue weighted by Crippen LogP contribution is 2.19. The average molecular weight is 411 g/mol. The third-order valence-electron chi connectivity index (χ3n) is 2.18. The van der Waals surface area contributed by atoms with Gasteiger partial charge in [0.05, 0.1) is 0 Å². The van der Waals surface area contributed by atoms with Crippen LogP contribution in [0.1, 0.15) is 40.2 Å². The quantitative estimate of drug-likeness (QED) is 0.507. The van der Waals surface area contributed by atoms with Gasteiger partial charge in [0.2, 0.25) is 0 Å². The predicted octanol–water partition coefficient (Wildman–Crippen LogP) is 5.39. The van der Waals surface area contributed by atoms with Crippen LogP contribution in [-0.4, -0.2) is 17.5 Å². The van der Waals surface area contributed by atoms with Crippen LogP contribution in [0.25, 0.3) is 0 Å². The van der Waals surface area contributed by atoms with Crippen molar-refractivity contribution in [1.29, 1.82) is 0 Å². The van der Waals surface area contributed by atoms with E-state index in [0.717, 1.165) is 16.4 Å². The number of benzene rings is 1. The van der Waals surface area contributed by atoms with Crippen molar-refractivity contribution in [3.8, 4) is 0 Å². The van der Waals surface area contributed by atoms with Crippen molar-refractivity contribution in [2.75, 3.05) is 5.73 Å². The lowest BCUT2D eigenvalue weighted by molar-refractivity contribution is -0.165. The molecule has 0 fully saturated rings. The highest BCUT2D eigenvalue weighted by atomic mass is 79.9. The molecule has 7 heteroatoms. The molecule has 0 unspecified atom stereocenters. The van der Waals surface area contributed by atoms with Crippen molar-refractivity contribution in [2.45, 2.75) is 53.3 Å². The molecule has 0 spiro atoms. The average Bonchev–Trinajstić information content (AvgIpc) is 2.44. The molecular formula is C17H26BrF3N2O. The summed E-state index contributed by atoms with van der Waals surface area (Å²) in [6.07, 6.45) is -3.29. The van der Waals surface area contributed by atoms with Gasteiger partial charge < -0.3 is 11.1 Å². The molecule has 0 aliphatic heterocycles. The smallest absolute Gasteiger partial charge is 0.398 e.